The Balaban J connectivity index is 1.67. The average Bonchev–Trinajstić information content (AvgIpc) is 3.19. The fourth-order valence-electron chi connectivity index (χ4n) is 2.37. The molecule has 0 radical (unpaired) electrons. The van der Waals surface area contributed by atoms with E-state index in [1.165, 1.54) is 18.3 Å². The van der Waals surface area contributed by atoms with Gasteiger partial charge in [0.2, 0.25) is 5.82 Å². The second-order valence-corrected chi connectivity index (χ2v) is 5.26. The van der Waals surface area contributed by atoms with Crippen molar-refractivity contribution in [2.24, 2.45) is 0 Å². The zero-order valence-electron chi connectivity index (χ0n) is 12.5. The number of alkyl halides is 2. The van der Waals surface area contributed by atoms with Gasteiger partial charge in [0.1, 0.15) is 11.3 Å². The molecule has 0 N–H and O–H groups in total. The van der Waals surface area contributed by atoms with E-state index in [1.807, 2.05) is 35.9 Å². The van der Waals surface area contributed by atoms with Gasteiger partial charge in [-0.3, -0.25) is 4.98 Å². The Morgan fingerprint density at radius 3 is 2.62 bits per heavy atom. The maximum Gasteiger partial charge on any atom is 0.280 e. The SMILES string of the molecule is Cc1cn2cc(-c3nc(-c4ccc(C(F)F)nc4)no3)ccc2n1. The minimum absolute atomic E-state index is 0.289. The van der Waals surface area contributed by atoms with Crippen LogP contribution in [-0.2, 0) is 0 Å². The highest BCUT2D eigenvalue weighted by Gasteiger charge is 2.14. The number of pyridine rings is 2. The van der Waals surface area contributed by atoms with E-state index in [-0.39, 0.29) is 5.69 Å². The number of nitrogens with zero attached hydrogens (tertiary/aromatic N) is 5. The lowest BCUT2D eigenvalue weighted by Gasteiger charge is -1.98. The Kier molecular flexibility index (Phi) is 3.30. The normalized spacial score (nSPS) is 11.5. The summed E-state index contributed by atoms with van der Waals surface area (Å²) < 4.78 is 32.2. The summed E-state index contributed by atoms with van der Waals surface area (Å²) in [4.78, 5) is 12.3. The van der Waals surface area contributed by atoms with Crippen LogP contribution in [0.3, 0.4) is 0 Å². The van der Waals surface area contributed by atoms with Crippen molar-refractivity contribution in [3.8, 4) is 22.8 Å². The first-order chi connectivity index (χ1) is 11.6. The Labute approximate surface area is 134 Å². The van der Waals surface area contributed by atoms with Crippen LogP contribution in [0.1, 0.15) is 17.8 Å². The molecular formula is C16H11F2N5O. The van der Waals surface area contributed by atoms with Crippen molar-refractivity contribution in [2.45, 2.75) is 13.3 Å². The molecular weight excluding hydrogens is 316 g/mol. The topological polar surface area (TPSA) is 69.1 Å². The van der Waals surface area contributed by atoms with Crippen molar-refractivity contribution in [2.75, 3.05) is 0 Å². The Morgan fingerprint density at radius 1 is 1.04 bits per heavy atom. The number of aryl methyl sites for hydroxylation is 1. The lowest BCUT2D eigenvalue weighted by atomic mass is 10.2. The molecule has 0 saturated carbocycles. The van der Waals surface area contributed by atoms with Gasteiger partial charge in [0, 0.05) is 24.2 Å². The van der Waals surface area contributed by atoms with Gasteiger partial charge in [0.05, 0.1) is 11.3 Å². The van der Waals surface area contributed by atoms with Gasteiger partial charge in [-0.15, -0.1) is 0 Å². The first-order valence-corrected chi connectivity index (χ1v) is 7.14. The number of hydrogen-bond acceptors (Lipinski definition) is 5. The standard InChI is InChI=1S/C16H11F2N5O/c1-9-7-23-8-11(3-5-13(23)20-9)16-21-15(22-24-16)10-2-4-12(14(17)18)19-6-10/h2-8,14H,1H3. The van der Waals surface area contributed by atoms with E-state index in [0.717, 1.165) is 16.9 Å². The van der Waals surface area contributed by atoms with Gasteiger partial charge in [-0.25, -0.2) is 13.8 Å². The summed E-state index contributed by atoms with van der Waals surface area (Å²) in [6.45, 7) is 1.91. The Morgan fingerprint density at radius 2 is 1.88 bits per heavy atom. The maximum absolute atomic E-state index is 12.5. The van der Waals surface area contributed by atoms with Crippen molar-refractivity contribution < 1.29 is 13.3 Å². The monoisotopic (exact) mass is 327 g/mol. The van der Waals surface area contributed by atoms with Gasteiger partial charge >= 0.3 is 0 Å². The van der Waals surface area contributed by atoms with E-state index in [9.17, 15) is 8.78 Å². The molecule has 8 heteroatoms. The van der Waals surface area contributed by atoms with E-state index < -0.39 is 6.43 Å². The molecule has 0 spiro atoms. The van der Waals surface area contributed by atoms with Gasteiger partial charge in [0.15, 0.2) is 0 Å². The average molecular weight is 327 g/mol. The zero-order chi connectivity index (χ0) is 16.7. The van der Waals surface area contributed by atoms with E-state index in [0.29, 0.717) is 17.3 Å². The van der Waals surface area contributed by atoms with Crippen LogP contribution in [-0.4, -0.2) is 24.5 Å². The van der Waals surface area contributed by atoms with Gasteiger partial charge in [-0.1, -0.05) is 5.16 Å². The van der Waals surface area contributed by atoms with Crippen molar-refractivity contribution in [1.29, 1.82) is 0 Å². The van der Waals surface area contributed by atoms with Gasteiger partial charge in [0.25, 0.3) is 12.3 Å². The van der Waals surface area contributed by atoms with Crippen molar-refractivity contribution in [1.82, 2.24) is 24.5 Å². The molecule has 0 amide bonds. The molecule has 0 aliphatic carbocycles. The third-order valence-electron chi connectivity index (χ3n) is 3.51. The predicted molar refractivity (Wildman–Crippen MR) is 81.4 cm³/mol. The number of hydrogen-bond donors (Lipinski definition) is 0. The molecule has 4 aromatic rings. The molecule has 120 valence electrons. The summed E-state index contributed by atoms with van der Waals surface area (Å²) >= 11 is 0. The number of fused-ring (bicyclic) bond motifs is 1. The van der Waals surface area contributed by atoms with E-state index in [2.05, 4.69) is 20.1 Å². The molecule has 0 bridgehead atoms. The fourth-order valence-corrected chi connectivity index (χ4v) is 2.37. The zero-order valence-corrected chi connectivity index (χ0v) is 12.5. The Bertz CT molecular complexity index is 1010. The number of imidazole rings is 1. The molecule has 4 rings (SSSR count). The van der Waals surface area contributed by atoms with Crippen LogP contribution < -0.4 is 0 Å². The number of halogens is 2. The van der Waals surface area contributed by atoms with E-state index >= 15 is 0 Å². The van der Waals surface area contributed by atoms with Crippen LogP contribution >= 0.6 is 0 Å². The second-order valence-electron chi connectivity index (χ2n) is 5.26. The molecule has 0 saturated heterocycles. The lowest BCUT2D eigenvalue weighted by Crippen LogP contribution is -1.90. The van der Waals surface area contributed by atoms with Gasteiger partial charge in [-0.05, 0) is 31.2 Å². The fraction of sp³-hybridized carbons (Fsp3) is 0.125. The molecule has 0 aromatic carbocycles. The molecule has 0 aliphatic heterocycles. The first kappa shape index (κ1) is 14.4. The number of rotatable bonds is 3. The summed E-state index contributed by atoms with van der Waals surface area (Å²) in [6.07, 6.45) is 2.43. The highest BCUT2D eigenvalue weighted by molar-refractivity contribution is 5.60. The highest BCUT2D eigenvalue weighted by atomic mass is 19.3. The van der Waals surface area contributed by atoms with Gasteiger partial charge < -0.3 is 8.92 Å². The van der Waals surface area contributed by atoms with E-state index in [1.54, 1.807) is 0 Å². The molecule has 0 fully saturated rings. The minimum Gasteiger partial charge on any atom is -0.334 e. The quantitative estimate of drug-likeness (QED) is 0.574. The molecule has 4 heterocycles. The smallest absolute Gasteiger partial charge is 0.280 e. The van der Waals surface area contributed by atoms with Crippen molar-refractivity contribution >= 4 is 5.65 Å². The lowest BCUT2D eigenvalue weighted by molar-refractivity contribution is 0.146. The van der Waals surface area contributed by atoms with Crippen LogP contribution in [0, 0.1) is 6.92 Å². The minimum atomic E-state index is -2.61. The summed E-state index contributed by atoms with van der Waals surface area (Å²) in [5, 5.41) is 3.88. The van der Waals surface area contributed by atoms with Gasteiger partial charge in [-0.2, -0.15) is 4.98 Å². The summed E-state index contributed by atoms with van der Waals surface area (Å²) in [5.74, 6) is 0.622. The molecule has 24 heavy (non-hydrogen) atoms. The second kappa shape index (κ2) is 5.48. The van der Waals surface area contributed by atoms with Crippen LogP contribution in [0.2, 0.25) is 0 Å². The van der Waals surface area contributed by atoms with Crippen LogP contribution in [0.25, 0.3) is 28.5 Å². The third-order valence-corrected chi connectivity index (χ3v) is 3.51. The third kappa shape index (κ3) is 2.51. The van der Waals surface area contributed by atoms with Crippen LogP contribution in [0.5, 0.6) is 0 Å². The largest absolute Gasteiger partial charge is 0.334 e. The summed E-state index contributed by atoms with van der Waals surface area (Å²) in [5.41, 5.74) is 2.68. The van der Waals surface area contributed by atoms with Crippen molar-refractivity contribution in [3.05, 3.63) is 54.2 Å². The maximum atomic E-state index is 12.5. The van der Waals surface area contributed by atoms with Crippen LogP contribution in [0.15, 0.2) is 47.4 Å². The van der Waals surface area contributed by atoms with Crippen LogP contribution in [0.4, 0.5) is 8.78 Å². The summed E-state index contributed by atoms with van der Waals surface area (Å²) in [7, 11) is 0. The molecule has 0 atom stereocenters. The molecule has 4 aromatic heterocycles. The summed E-state index contributed by atoms with van der Waals surface area (Å²) in [6, 6.07) is 6.42. The number of aromatic nitrogens is 5. The predicted octanol–water partition coefficient (Wildman–Crippen LogP) is 3.69. The van der Waals surface area contributed by atoms with Crippen molar-refractivity contribution in [3.63, 3.8) is 0 Å². The molecule has 0 unspecified atom stereocenters. The molecule has 0 aliphatic rings. The Hall–Kier alpha value is -3.16. The van der Waals surface area contributed by atoms with E-state index in [4.69, 9.17) is 4.52 Å². The molecule has 6 nitrogen and oxygen atoms in total. The highest BCUT2D eigenvalue weighted by Crippen LogP contribution is 2.24. The first-order valence-electron chi connectivity index (χ1n) is 7.14.